The van der Waals surface area contributed by atoms with Gasteiger partial charge in [0.2, 0.25) is 0 Å². The van der Waals surface area contributed by atoms with Crippen LogP contribution in [0.15, 0.2) is 91.3 Å². The van der Waals surface area contributed by atoms with E-state index in [1.165, 1.54) is 5.56 Å². The van der Waals surface area contributed by atoms with Gasteiger partial charge < -0.3 is 11.1 Å². The van der Waals surface area contributed by atoms with Crippen LogP contribution in [0, 0.1) is 0 Å². The number of nitrogens with zero attached hydrogens (tertiary/aromatic N) is 2. The second-order valence-electron chi connectivity index (χ2n) is 7.17. The predicted octanol–water partition coefficient (Wildman–Crippen LogP) is 5.45. The molecule has 0 amide bonds. The minimum atomic E-state index is -0.00508. The van der Waals surface area contributed by atoms with Crippen molar-refractivity contribution in [1.29, 1.82) is 0 Å². The van der Waals surface area contributed by atoms with E-state index >= 15 is 0 Å². The summed E-state index contributed by atoms with van der Waals surface area (Å²) in [4.78, 5) is 9.02. The van der Waals surface area contributed by atoms with Crippen molar-refractivity contribution in [2.45, 2.75) is 12.5 Å². The summed E-state index contributed by atoms with van der Waals surface area (Å²) in [6.07, 6.45) is 4.37. The van der Waals surface area contributed by atoms with Gasteiger partial charge >= 0.3 is 0 Å². The van der Waals surface area contributed by atoms with Crippen LogP contribution < -0.4 is 11.1 Å². The van der Waals surface area contributed by atoms with Crippen molar-refractivity contribution in [1.82, 2.24) is 9.97 Å². The van der Waals surface area contributed by atoms with Gasteiger partial charge in [-0.2, -0.15) is 0 Å². The second-order valence-corrected chi connectivity index (χ2v) is 7.60. The molecule has 4 aromatic rings. The Morgan fingerprint density at radius 1 is 0.833 bits per heavy atom. The number of pyridine rings is 2. The Labute approximate surface area is 181 Å². The third kappa shape index (κ3) is 5.03. The van der Waals surface area contributed by atoms with Crippen molar-refractivity contribution in [3.8, 4) is 22.4 Å². The Morgan fingerprint density at radius 3 is 2.30 bits per heavy atom. The molecule has 0 saturated heterocycles. The molecule has 3 N–H and O–H groups in total. The number of benzene rings is 2. The van der Waals surface area contributed by atoms with E-state index in [0.29, 0.717) is 11.6 Å². The highest BCUT2D eigenvalue weighted by Gasteiger charge is 2.12. The molecule has 2 aromatic carbocycles. The zero-order valence-electron chi connectivity index (χ0n) is 16.5. The number of nitrogens with two attached hydrogens (primary N) is 1. The lowest BCUT2D eigenvalue weighted by Gasteiger charge is -2.16. The van der Waals surface area contributed by atoms with Crippen molar-refractivity contribution in [3.63, 3.8) is 0 Å². The molecule has 2 aromatic heterocycles. The Hall–Kier alpha value is -3.21. The summed E-state index contributed by atoms with van der Waals surface area (Å²) in [5.74, 6) is 0.794. The minimum absolute atomic E-state index is 0.00508. The van der Waals surface area contributed by atoms with E-state index in [0.717, 1.165) is 34.6 Å². The van der Waals surface area contributed by atoms with Gasteiger partial charge in [0.05, 0.1) is 5.69 Å². The van der Waals surface area contributed by atoms with Crippen molar-refractivity contribution in [2.24, 2.45) is 5.73 Å². The Balaban J connectivity index is 1.57. The topological polar surface area (TPSA) is 63.8 Å². The number of rotatable bonds is 7. The molecule has 0 aliphatic carbocycles. The molecular formula is C25H23ClN4. The molecule has 1 unspecified atom stereocenters. The van der Waals surface area contributed by atoms with Crippen LogP contribution in [0.4, 0.5) is 5.82 Å². The summed E-state index contributed by atoms with van der Waals surface area (Å²) in [5, 5.41) is 4.10. The standard InChI is InChI=1S/C25H23ClN4/c26-21-8-6-19(7-9-21)23-10-11-24(30-25(23)20-12-14-28-15-13-20)29-17-22(27)16-18-4-2-1-3-5-18/h1-15,22H,16-17,27H2,(H,29,30). The fraction of sp³-hybridized carbons (Fsp3) is 0.120. The van der Waals surface area contributed by atoms with E-state index in [2.05, 4.69) is 28.5 Å². The molecule has 5 heteroatoms. The van der Waals surface area contributed by atoms with Crippen LogP contribution in [0.2, 0.25) is 5.02 Å². The summed E-state index contributed by atoms with van der Waals surface area (Å²) in [6.45, 7) is 0.637. The van der Waals surface area contributed by atoms with Crippen molar-refractivity contribution in [3.05, 3.63) is 102 Å². The molecule has 0 spiro atoms. The molecule has 0 bridgehead atoms. The van der Waals surface area contributed by atoms with Gasteiger partial charge in [0, 0.05) is 41.1 Å². The fourth-order valence-corrected chi connectivity index (χ4v) is 3.50. The maximum atomic E-state index is 6.33. The number of halogens is 1. The van der Waals surface area contributed by atoms with Gasteiger partial charge in [-0.25, -0.2) is 4.98 Å². The van der Waals surface area contributed by atoms with Gasteiger partial charge in [-0.05, 0) is 53.9 Å². The van der Waals surface area contributed by atoms with E-state index in [4.69, 9.17) is 22.3 Å². The first kappa shape index (κ1) is 20.1. The number of hydrogen-bond acceptors (Lipinski definition) is 4. The Bertz CT molecular complexity index is 1080. The highest BCUT2D eigenvalue weighted by molar-refractivity contribution is 6.30. The summed E-state index contributed by atoms with van der Waals surface area (Å²) in [5.41, 5.74) is 11.6. The lowest BCUT2D eigenvalue weighted by molar-refractivity contribution is 0.698. The first-order chi connectivity index (χ1) is 14.7. The molecule has 0 aliphatic rings. The first-order valence-corrected chi connectivity index (χ1v) is 10.3. The van der Waals surface area contributed by atoms with Crippen molar-refractivity contribution >= 4 is 17.4 Å². The number of aromatic nitrogens is 2. The lowest BCUT2D eigenvalue weighted by Crippen LogP contribution is -2.31. The molecule has 4 nitrogen and oxygen atoms in total. The van der Waals surface area contributed by atoms with E-state index < -0.39 is 0 Å². The average molecular weight is 415 g/mol. The molecule has 0 aliphatic heterocycles. The third-order valence-electron chi connectivity index (χ3n) is 4.89. The summed E-state index contributed by atoms with van der Waals surface area (Å²) in [7, 11) is 0. The summed E-state index contributed by atoms with van der Waals surface area (Å²) < 4.78 is 0. The number of anilines is 1. The highest BCUT2D eigenvalue weighted by atomic mass is 35.5. The number of nitrogens with one attached hydrogen (secondary N) is 1. The Kier molecular flexibility index (Phi) is 6.38. The van der Waals surface area contributed by atoms with E-state index in [-0.39, 0.29) is 6.04 Å². The molecule has 30 heavy (non-hydrogen) atoms. The molecule has 0 fully saturated rings. The van der Waals surface area contributed by atoms with Gasteiger partial charge in [-0.15, -0.1) is 0 Å². The summed E-state index contributed by atoms with van der Waals surface area (Å²) >= 11 is 6.06. The monoisotopic (exact) mass is 414 g/mol. The third-order valence-corrected chi connectivity index (χ3v) is 5.14. The van der Waals surface area contributed by atoms with Gasteiger partial charge in [0.1, 0.15) is 5.82 Å². The largest absolute Gasteiger partial charge is 0.368 e. The minimum Gasteiger partial charge on any atom is -0.368 e. The lowest BCUT2D eigenvalue weighted by atomic mass is 10.00. The van der Waals surface area contributed by atoms with Gasteiger partial charge in [-0.1, -0.05) is 54.1 Å². The van der Waals surface area contributed by atoms with Crippen LogP contribution in [0.5, 0.6) is 0 Å². The molecule has 0 radical (unpaired) electrons. The predicted molar refractivity (Wildman–Crippen MR) is 125 cm³/mol. The van der Waals surface area contributed by atoms with Crippen LogP contribution in [0.3, 0.4) is 0 Å². The molecule has 2 heterocycles. The maximum Gasteiger partial charge on any atom is 0.126 e. The summed E-state index contributed by atoms with van der Waals surface area (Å²) in [6, 6.07) is 26.1. The zero-order chi connectivity index (χ0) is 20.8. The molecule has 1 atom stereocenters. The SMILES string of the molecule is NC(CNc1ccc(-c2ccc(Cl)cc2)c(-c2ccncc2)n1)Cc1ccccc1. The Morgan fingerprint density at radius 2 is 1.57 bits per heavy atom. The van der Waals surface area contributed by atoms with E-state index in [1.807, 2.05) is 60.7 Å². The molecular weight excluding hydrogens is 392 g/mol. The normalized spacial score (nSPS) is 11.8. The van der Waals surface area contributed by atoms with Gasteiger partial charge in [0.25, 0.3) is 0 Å². The van der Waals surface area contributed by atoms with Crippen molar-refractivity contribution < 1.29 is 0 Å². The second kappa shape index (κ2) is 9.53. The molecule has 150 valence electrons. The van der Waals surface area contributed by atoms with E-state index in [1.54, 1.807) is 12.4 Å². The fourth-order valence-electron chi connectivity index (χ4n) is 3.37. The highest BCUT2D eigenvalue weighted by Crippen LogP contribution is 2.32. The van der Waals surface area contributed by atoms with Crippen LogP contribution >= 0.6 is 11.6 Å². The van der Waals surface area contributed by atoms with Gasteiger partial charge in [-0.3, -0.25) is 4.98 Å². The van der Waals surface area contributed by atoms with Crippen LogP contribution in [0.1, 0.15) is 5.56 Å². The molecule has 4 rings (SSSR count). The van der Waals surface area contributed by atoms with E-state index in [9.17, 15) is 0 Å². The van der Waals surface area contributed by atoms with Crippen LogP contribution in [-0.2, 0) is 6.42 Å². The van der Waals surface area contributed by atoms with Crippen LogP contribution in [0.25, 0.3) is 22.4 Å². The zero-order valence-corrected chi connectivity index (χ0v) is 17.3. The quantitative estimate of drug-likeness (QED) is 0.422. The molecule has 0 saturated carbocycles. The average Bonchev–Trinajstić information content (AvgIpc) is 2.79. The number of hydrogen-bond donors (Lipinski definition) is 2. The first-order valence-electron chi connectivity index (χ1n) is 9.90. The van der Waals surface area contributed by atoms with Gasteiger partial charge in [0.15, 0.2) is 0 Å². The van der Waals surface area contributed by atoms with Crippen LogP contribution in [-0.4, -0.2) is 22.6 Å². The maximum absolute atomic E-state index is 6.33. The smallest absolute Gasteiger partial charge is 0.126 e. The van der Waals surface area contributed by atoms with Crippen molar-refractivity contribution in [2.75, 3.05) is 11.9 Å².